The number of nitrogens with zero attached hydrogens (tertiary/aromatic N) is 1. The van der Waals surface area contributed by atoms with Gasteiger partial charge in [-0.2, -0.15) is 0 Å². The van der Waals surface area contributed by atoms with Crippen LogP contribution in [0.5, 0.6) is 0 Å². The number of nitrogens with one attached hydrogen (secondary N) is 1. The molecule has 2 rings (SSSR count). The normalized spacial score (nSPS) is 18.1. The van der Waals surface area contributed by atoms with E-state index in [0.717, 1.165) is 23.4 Å². The molecule has 1 aliphatic rings. The third-order valence-corrected chi connectivity index (χ3v) is 6.03. The molecule has 0 saturated carbocycles. The van der Waals surface area contributed by atoms with Crippen LogP contribution in [0, 0.1) is 0 Å². The standard InChI is InChI=1S/C21H29N3O2S/c1-14(22)20(21(26)23-12-11-19-6-5-13-24(19)4)27-16(3)18-9-7-17(8-10-18)15(2)25/h7-10,19H,3,5-6,11-13,22H2,1-2,4H3,(H,23,26)/b20-14-. The number of hydrogen-bond donors (Lipinski definition) is 2. The van der Waals surface area contributed by atoms with Gasteiger partial charge in [-0.3, -0.25) is 9.59 Å². The summed E-state index contributed by atoms with van der Waals surface area (Å²) in [6.07, 6.45) is 3.35. The van der Waals surface area contributed by atoms with Crippen molar-refractivity contribution in [3.63, 3.8) is 0 Å². The fourth-order valence-corrected chi connectivity index (χ4v) is 3.98. The highest BCUT2D eigenvalue weighted by molar-refractivity contribution is 8.12. The van der Waals surface area contributed by atoms with Gasteiger partial charge in [0.2, 0.25) is 0 Å². The summed E-state index contributed by atoms with van der Waals surface area (Å²) in [7, 11) is 2.13. The van der Waals surface area contributed by atoms with Crippen LogP contribution in [0.15, 0.2) is 41.4 Å². The molecule has 1 amide bonds. The Balaban J connectivity index is 1.94. The van der Waals surface area contributed by atoms with Gasteiger partial charge in [0.05, 0.1) is 4.91 Å². The molecule has 1 aromatic carbocycles. The minimum Gasteiger partial charge on any atom is -0.401 e. The second-order valence-corrected chi connectivity index (χ2v) is 8.10. The zero-order chi connectivity index (χ0) is 20.0. The molecule has 27 heavy (non-hydrogen) atoms. The SMILES string of the molecule is C=C(S/C(C(=O)NCCC1CCCN1C)=C(/C)N)c1ccc(C(C)=O)cc1. The number of rotatable bonds is 8. The maximum atomic E-state index is 12.6. The molecule has 0 spiro atoms. The van der Waals surface area contributed by atoms with Gasteiger partial charge in [0.25, 0.3) is 5.91 Å². The molecule has 1 unspecified atom stereocenters. The first-order chi connectivity index (χ1) is 12.8. The molecule has 6 heteroatoms. The quantitative estimate of drug-likeness (QED) is 0.528. The molecule has 146 valence electrons. The number of benzene rings is 1. The topological polar surface area (TPSA) is 75.4 Å². The largest absolute Gasteiger partial charge is 0.401 e. The van der Waals surface area contributed by atoms with Gasteiger partial charge in [0.1, 0.15) is 0 Å². The number of ketones is 1. The average molecular weight is 388 g/mol. The molecule has 0 bridgehead atoms. The monoisotopic (exact) mass is 387 g/mol. The van der Waals surface area contributed by atoms with E-state index in [1.54, 1.807) is 19.1 Å². The number of allylic oxidation sites excluding steroid dienone is 1. The van der Waals surface area contributed by atoms with Gasteiger partial charge in [0.15, 0.2) is 5.78 Å². The number of hydrogen-bond acceptors (Lipinski definition) is 5. The van der Waals surface area contributed by atoms with Crippen LogP contribution in [0.3, 0.4) is 0 Å². The Hall–Kier alpha value is -2.05. The number of amides is 1. The number of nitrogens with two attached hydrogens (primary N) is 1. The molecular formula is C21H29N3O2S. The highest BCUT2D eigenvalue weighted by Crippen LogP contribution is 2.33. The van der Waals surface area contributed by atoms with Crippen molar-refractivity contribution in [2.45, 2.75) is 39.2 Å². The van der Waals surface area contributed by atoms with Gasteiger partial charge in [-0.15, -0.1) is 0 Å². The first-order valence-electron chi connectivity index (χ1n) is 9.22. The Morgan fingerprint density at radius 1 is 1.26 bits per heavy atom. The van der Waals surface area contributed by atoms with E-state index >= 15 is 0 Å². The van der Waals surface area contributed by atoms with Crippen LogP contribution in [0.25, 0.3) is 4.91 Å². The molecule has 0 aliphatic carbocycles. The summed E-state index contributed by atoms with van der Waals surface area (Å²) < 4.78 is 0. The minimum absolute atomic E-state index is 0.0190. The van der Waals surface area contributed by atoms with E-state index in [1.807, 2.05) is 12.1 Å². The fourth-order valence-electron chi connectivity index (χ4n) is 3.16. The molecule has 1 atom stereocenters. The van der Waals surface area contributed by atoms with E-state index in [0.29, 0.717) is 28.8 Å². The molecule has 5 nitrogen and oxygen atoms in total. The first-order valence-corrected chi connectivity index (χ1v) is 10.0. The number of carbonyl (C=O) groups excluding carboxylic acids is 2. The highest BCUT2D eigenvalue weighted by Gasteiger charge is 2.21. The van der Waals surface area contributed by atoms with Crippen LogP contribution in [-0.2, 0) is 4.79 Å². The predicted octanol–water partition coefficient (Wildman–Crippen LogP) is 3.38. The Morgan fingerprint density at radius 2 is 1.89 bits per heavy atom. The summed E-state index contributed by atoms with van der Waals surface area (Å²) in [5.41, 5.74) is 7.93. The molecule has 1 aliphatic heterocycles. The Kier molecular flexibility index (Phi) is 7.68. The Bertz CT molecular complexity index is 736. The van der Waals surface area contributed by atoms with Crippen molar-refractivity contribution in [2.24, 2.45) is 5.73 Å². The van der Waals surface area contributed by atoms with E-state index in [4.69, 9.17) is 5.73 Å². The molecule has 1 heterocycles. The van der Waals surface area contributed by atoms with Crippen molar-refractivity contribution in [3.8, 4) is 0 Å². The van der Waals surface area contributed by atoms with E-state index in [2.05, 4.69) is 23.8 Å². The zero-order valence-corrected chi connectivity index (χ0v) is 17.2. The number of carbonyl (C=O) groups is 2. The van der Waals surface area contributed by atoms with Crippen molar-refractivity contribution >= 4 is 28.4 Å². The zero-order valence-electron chi connectivity index (χ0n) is 16.4. The summed E-state index contributed by atoms with van der Waals surface area (Å²) in [4.78, 5) is 27.5. The van der Waals surface area contributed by atoms with Gasteiger partial charge in [-0.25, -0.2) is 0 Å². The van der Waals surface area contributed by atoms with Crippen molar-refractivity contribution in [1.29, 1.82) is 0 Å². The van der Waals surface area contributed by atoms with Crippen molar-refractivity contribution in [3.05, 3.63) is 52.6 Å². The van der Waals surface area contributed by atoms with E-state index in [9.17, 15) is 9.59 Å². The summed E-state index contributed by atoms with van der Waals surface area (Å²) >= 11 is 1.26. The average Bonchev–Trinajstić information content (AvgIpc) is 3.04. The lowest BCUT2D eigenvalue weighted by Crippen LogP contribution is -2.32. The molecule has 1 aromatic rings. The second-order valence-electron chi connectivity index (χ2n) is 6.99. The molecule has 1 fully saturated rings. The lowest BCUT2D eigenvalue weighted by molar-refractivity contribution is -0.116. The Labute approximate surface area is 166 Å². The first kappa shape index (κ1) is 21.3. The van der Waals surface area contributed by atoms with Crippen LogP contribution in [0.2, 0.25) is 0 Å². The van der Waals surface area contributed by atoms with E-state index in [1.165, 1.54) is 31.5 Å². The van der Waals surface area contributed by atoms with Crippen LogP contribution < -0.4 is 11.1 Å². The van der Waals surface area contributed by atoms with Crippen LogP contribution in [-0.4, -0.2) is 42.8 Å². The highest BCUT2D eigenvalue weighted by atomic mass is 32.2. The van der Waals surface area contributed by atoms with Crippen molar-refractivity contribution < 1.29 is 9.59 Å². The third kappa shape index (κ3) is 5.97. The summed E-state index contributed by atoms with van der Waals surface area (Å²) in [5, 5.41) is 2.98. The Morgan fingerprint density at radius 3 is 2.41 bits per heavy atom. The molecule has 3 N–H and O–H groups in total. The van der Waals surface area contributed by atoms with Gasteiger partial charge in [0, 0.05) is 28.8 Å². The van der Waals surface area contributed by atoms with E-state index < -0.39 is 0 Å². The van der Waals surface area contributed by atoms with Crippen LogP contribution in [0.4, 0.5) is 0 Å². The van der Waals surface area contributed by atoms with Gasteiger partial charge >= 0.3 is 0 Å². The van der Waals surface area contributed by atoms with Crippen molar-refractivity contribution in [1.82, 2.24) is 10.2 Å². The third-order valence-electron chi connectivity index (χ3n) is 4.84. The lowest BCUT2D eigenvalue weighted by atomic mass is 10.1. The predicted molar refractivity (Wildman–Crippen MR) is 113 cm³/mol. The number of thioether (sulfide) groups is 1. The number of likely N-dealkylation sites (tertiary alicyclic amines) is 1. The fraction of sp³-hybridized carbons (Fsp3) is 0.429. The molecular weight excluding hydrogens is 358 g/mol. The molecule has 0 radical (unpaired) electrons. The number of Topliss-reactive ketones (excluding diaryl/α,β-unsaturated/α-hetero) is 1. The lowest BCUT2D eigenvalue weighted by Gasteiger charge is -2.19. The maximum Gasteiger partial charge on any atom is 0.259 e. The van der Waals surface area contributed by atoms with Crippen LogP contribution in [0.1, 0.15) is 49.0 Å². The van der Waals surface area contributed by atoms with Gasteiger partial charge in [-0.05, 0) is 52.3 Å². The summed E-state index contributed by atoms with van der Waals surface area (Å²) in [6.45, 7) is 9.07. The summed E-state index contributed by atoms with van der Waals surface area (Å²) in [6, 6.07) is 7.74. The van der Waals surface area contributed by atoms with Gasteiger partial charge < -0.3 is 16.0 Å². The van der Waals surface area contributed by atoms with Gasteiger partial charge in [-0.1, -0.05) is 42.6 Å². The smallest absolute Gasteiger partial charge is 0.259 e. The summed E-state index contributed by atoms with van der Waals surface area (Å²) in [5.74, 6) is -0.146. The van der Waals surface area contributed by atoms with Crippen LogP contribution >= 0.6 is 11.8 Å². The second kappa shape index (κ2) is 9.76. The minimum atomic E-state index is -0.165. The maximum absolute atomic E-state index is 12.6. The molecule has 1 saturated heterocycles. The van der Waals surface area contributed by atoms with E-state index in [-0.39, 0.29) is 11.7 Å². The molecule has 0 aromatic heterocycles. The van der Waals surface area contributed by atoms with Crippen molar-refractivity contribution in [2.75, 3.05) is 20.1 Å².